The lowest BCUT2D eigenvalue weighted by Gasteiger charge is -2.50. The summed E-state index contributed by atoms with van der Waals surface area (Å²) in [6.07, 6.45) is 6.49. The van der Waals surface area contributed by atoms with E-state index < -0.39 is 0 Å². The number of carbonyl (C=O) groups excluding carboxylic acids is 1. The molecule has 2 fully saturated rings. The number of hydrogen-bond donors (Lipinski definition) is 4. The first kappa shape index (κ1) is 35.7. The van der Waals surface area contributed by atoms with E-state index in [0.29, 0.717) is 41.5 Å². The molecule has 3 atom stereocenters. The van der Waals surface area contributed by atoms with Gasteiger partial charge in [0.05, 0.1) is 34.3 Å². The lowest BCUT2D eigenvalue weighted by Crippen LogP contribution is -2.42. The van der Waals surface area contributed by atoms with Crippen LogP contribution in [-0.2, 0) is 17.9 Å². The van der Waals surface area contributed by atoms with Crippen molar-refractivity contribution in [3.05, 3.63) is 81.8 Å². The van der Waals surface area contributed by atoms with Crippen LogP contribution in [0.3, 0.4) is 0 Å². The van der Waals surface area contributed by atoms with Crippen LogP contribution in [0.5, 0.6) is 0 Å². The highest BCUT2D eigenvalue weighted by Crippen LogP contribution is 2.54. The van der Waals surface area contributed by atoms with Gasteiger partial charge in [-0.05, 0) is 115 Å². The second kappa shape index (κ2) is 15.4. The number of benzene rings is 3. The number of imidazole rings is 1. The van der Waals surface area contributed by atoms with Crippen molar-refractivity contribution in [3.8, 4) is 11.4 Å². The zero-order valence-electron chi connectivity index (χ0n) is 28.5. The topological polar surface area (TPSA) is 117 Å². The monoisotopic (exact) mass is 705 g/mol. The van der Waals surface area contributed by atoms with E-state index in [0.717, 1.165) is 51.7 Å². The summed E-state index contributed by atoms with van der Waals surface area (Å²) in [6, 6.07) is 19.8. The second-order valence-electron chi connectivity index (χ2n) is 14.8. The molecule has 10 heteroatoms. The maximum absolute atomic E-state index is 12.2. The largest absolute Gasteiger partial charge is 0.395 e. The third-order valence-corrected chi connectivity index (χ3v) is 11.3. The molecule has 1 amide bonds. The lowest BCUT2D eigenvalue weighted by molar-refractivity contribution is -0.118. The average Bonchev–Trinajstić information content (AvgIpc) is 3.40. The molecule has 262 valence electrons. The number of amides is 1. The van der Waals surface area contributed by atoms with Gasteiger partial charge in [-0.3, -0.25) is 4.79 Å². The van der Waals surface area contributed by atoms with E-state index in [2.05, 4.69) is 54.1 Å². The minimum Gasteiger partial charge on any atom is -0.395 e. The fraction of sp³-hybridized carbons (Fsp3) is 0.487. The van der Waals surface area contributed by atoms with Crippen LogP contribution in [0, 0.1) is 23.2 Å². The molecule has 6 rings (SSSR count). The molecule has 2 saturated carbocycles. The number of aliphatic hydroxyl groups is 2. The molecule has 49 heavy (non-hydrogen) atoms. The summed E-state index contributed by atoms with van der Waals surface area (Å²) in [5.41, 5.74) is 11.8. The molecule has 2 aliphatic carbocycles. The Morgan fingerprint density at radius 2 is 1.67 bits per heavy atom. The van der Waals surface area contributed by atoms with Gasteiger partial charge < -0.3 is 30.7 Å². The zero-order valence-corrected chi connectivity index (χ0v) is 30.1. The Kier molecular flexibility index (Phi) is 11.2. The van der Waals surface area contributed by atoms with Gasteiger partial charge in [0.1, 0.15) is 5.82 Å². The summed E-state index contributed by atoms with van der Waals surface area (Å²) in [4.78, 5) is 19.5. The Morgan fingerprint density at radius 1 is 0.980 bits per heavy atom. The maximum atomic E-state index is 12.2. The summed E-state index contributed by atoms with van der Waals surface area (Å²) in [5, 5.41) is 23.7. The van der Waals surface area contributed by atoms with Crippen LogP contribution in [0.25, 0.3) is 22.4 Å². The zero-order chi connectivity index (χ0) is 34.7. The fourth-order valence-electron chi connectivity index (χ4n) is 9.01. The van der Waals surface area contributed by atoms with E-state index in [1.165, 1.54) is 32.1 Å². The number of rotatable bonds is 14. The van der Waals surface area contributed by atoms with Gasteiger partial charge in [-0.2, -0.15) is 0 Å². The Labute approximate surface area is 299 Å². The molecule has 2 aliphatic rings. The first-order valence-electron chi connectivity index (χ1n) is 17.6. The predicted molar refractivity (Wildman–Crippen MR) is 199 cm³/mol. The molecule has 3 aromatic carbocycles. The van der Waals surface area contributed by atoms with Gasteiger partial charge >= 0.3 is 0 Å². The van der Waals surface area contributed by atoms with E-state index in [-0.39, 0.29) is 37.0 Å². The molecule has 0 saturated heterocycles. The van der Waals surface area contributed by atoms with E-state index in [4.69, 9.17) is 33.9 Å². The predicted octanol–water partition coefficient (Wildman–Crippen LogP) is 7.36. The van der Waals surface area contributed by atoms with Gasteiger partial charge in [0.25, 0.3) is 0 Å². The fourth-order valence-corrected chi connectivity index (χ4v) is 9.33. The van der Waals surface area contributed by atoms with Crippen molar-refractivity contribution in [3.63, 3.8) is 0 Å². The number of primary amides is 1. The molecule has 0 radical (unpaired) electrons. The number of anilines is 1. The number of nitrogens with two attached hydrogens (primary N) is 1. The highest BCUT2D eigenvalue weighted by Gasteiger charge is 2.45. The molecule has 3 unspecified atom stereocenters. The molecule has 0 aliphatic heterocycles. The summed E-state index contributed by atoms with van der Waals surface area (Å²) in [5.74, 6) is 2.72. The number of nitrogens with zero attached hydrogens (tertiary/aromatic N) is 3. The van der Waals surface area contributed by atoms with Crippen molar-refractivity contribution < 1.29 is 15.0 Å². The third kappa shape index (κ3) is 8.26. The first-order valence-corrected chi connectivity index (χ1v) is 18.3. The van der Waals surface area contributed by atoms with Crippen LogP contribution in [0.15, 0.2) is 60.7 Å². The standard InChI is InChI=1S/C39H49Cl2N5O3/c1-25-15-28-16-26(2)21-39(20-25,22-28)24-46-36-10-6-30(34(19-37(42)49)43-23-27-3-9-32(40)33(41)17-27)18-35(36)44-38(46)29-4-7-31(8-5-29)45(11-13-47)12-14-48/h3-10,17-18,25-26,28,34,43,47-48H,11-16,19-24H2,1-2H3,(H2,42,49). The van der Waals surface area contributed by atoms with Crippen molar-refractivity contribution in [2.75, 3.05) is 31.2 Å². The van der Waals surface area contributed by atoms with Gasteiger partial charge in [0.2, 0.25) is 5.91 Å². The molecule has 2 bridgehead atoms. The molecule has 1 aromatic heterocycles. The average molecular weight is 707 g/mol. The van der Waals surface area contributed by atoms with Crippen molar-refractivity contribution in [2.24, 2.45) is 28.9 Å². The van der Waals surface area contributed by atoms with Crippen molar-refractivity contribution in [2.45, 2.75) is 71.5 Å². The number of halogens is 2. The van der Waals surface area contributed by atoms with Crippen LogP contribution in [0.2, 0.25) is 10.0 Å². The quantitative estimate of drug-likeness (QED) is 0.109. The van der Waals surface area contributed by atoms with Gasteiger partial charge in [-0.25, -0.2) is 4.98 Å². The van der Waals surface area contributed by atoms with Gasteiger partial charge in [0, 0.05) is 49.9 Å². The number of carbonyl (C=O) groups is 1. The van der Waals surface area contributed by atoms with E-state index in [1.54, 1.807) is 6.07 Å². The van der Waals surface area contributed by atoms with Gasteiger partial charge in [0.15, 0.2) is 0 Å². The Hall–Kier alpha value is -3.14. The number of aromatic nitrogens is 2. The molecule has 8 nitrogen and oxygen atoms in total. The van der Waals surface area contributed by atoms with Crippen molar-refractivity contribution in [1.29, 1.82) is 0 Å². The van der Waals surface area contributed by atoms with Gasteiger partial charge in [-0.1, -0.05) is 49.2 Å². The lowest BCUT2D eigenvalue weighted by atomic mass is 9.57. The molecular formula is C39H49Cl2N5O3. The SMILES string of the molecule is CC1CC2CC(C)CC(Cn3c(-c4ccc(N(CCO)CCO)cc4)nc4cc(C(CC(N)=O)NCc5ccc(Cl)c(Cl)c5)ccc43)(C1)C2. The van der Waals surface area contributed by atoms with Crippen LogP contribution in [0.1, 0.15) is 69.5 Å². The van der Waals surface area contributed by atoms with Crippen LogP contribution in [-0.4, -0.2) is 52.0 Å². The Bertz CT molecular complexity index is 1730. The van der Waals surface area contributed by atoms with E-state index in [9.17, 15) is 15.0 Å². The van der Waals surface area contributed by atoms with Crippen LogP contribution < -0.4 is 16.0 Å². The molecular weight excluding hydrogens is 657 g/mol. The molecule has 0 spiro atoms. The van der Waals surface area contributed by atoms with Crippen LogP contribution in [0.4, 0.5) is 5.69 Å². The number of fused-ring (bicyclic) bond motifs is 3. The summed E-state index contributed by atoms with van der Waals surface area (Å²) >= 11 is 12.4. The number of aliphatic hydroxyl groups excluding tert-OH is 2. The smallest absolute Gasteiger partial charge is 0.219 e. The Morgan fingerprint density at radius 3 is 2.31 bits per heavy atom. The van der Waals surface area contributed by atoms with Gasteiger partial charge in [-0.15, -0.1) is 0 Å². The number of hydrogen-bond acceptors (Lipinski definition) is 6. The molecule has 5 N–H and O–H groups in total. The third-order valence-electron chi connectivity index (χ3n) is 10.6. The molecule has 1 heterocycles. The number of nitrogens with one attached hydrogen (secondary N) is 1. The van der Waals surface area contributed by atoms with Crippen LogP contribution >= 0.6 is 23.2 Å². The minimum absolute atomic E-state index is 0.0128. The summed E-state index contributed by atoms with van der Waals surface area (Å²) < 4.78 is 2.44. The van der Waals surface area contributed by atoms with Crippen molar-refractivity contribution in [1.82, 2.24) is 14.9 Å². The first-order chi connectivity index (χ1) is 23.6. The van der Waals surface area contributed by atoms with E-state index in [1.807, 2.05) is 29.2 Å². The Balaban J connectivity index is 1.38. The summed E-state index contributed by atoms with van der Waals surface area (Å²) in [7, 11) is 0. The summed E-state index contributed by atoms with van der Waals surface area (Å²) in [6.45, 7) is 7.17. The molecule has 4 aromatic rings. The van der Waals surface area contributed by atoms with E-state index >= 15 is 0 Å². The normalized spacial score (nSPS) is 22.7. The highest BCUT2D eigenvalue weighted by molar-refractivity contribution is 6.42. The highest BCUT2D eigenvalue weighted by atomic mass is 35.5. The van der Waals surface area contributed by atoms with Crippen molar-refractivity contribution >= 4 is 45.8 Å². The maximum Gasteiger partial charge on any atom is 0.219 e. The minimum atomic E-state index is -0.388. The second-order valence-corrected chi connectivity index (χ2v) is 15.6.